The first-order valence-corrected chi connectivity index (χ1v) is 8.48. The van der Waals surface area contributed by atoms with Crippen LogP contribution in [0.4, 0.5) is 0 Å². The number of rotatable bonds is 8. The van der Waals surface area contributed by atoms with Crippen molar-refractivity contribution < 1.29 is 9.47 Å². The van der Waals surface area contributed by atoms with Gasteiger partial charge in [0.25, 0.3) is 0 Å². The Kier molecular flexibility index (Phi) is 10.8. The number of terminal acetylenes is 1. The van der Waals surface area contributed by atoms with E-state index in [-0.39, 0.29) is 30.6 Å². The normalized spacial score (nSPS) is 10.3. The lowest BCUT2D eigenvalue weighted by atomic mass is 10.1. The second-order valence-electron chi connectivity index (χ2n) is 5.59. The van der Waals surface area contributed by atoms with Gasteiger partial charge in [-0.3, -0.25) is 4.99 Å². The molecule has 0 aliphatic heterocycles. The molecule has 2 aromatic carbocycles. The number of methoxy groups -OCH3 is 1. The molecule has 2 N–H and O–H groups in total. The average Bonchev–Trinajstić information content (AvgIpc) is 2.70. The third-order valence-corrected chi connectivity index (χ3v) is 3.79. The van der Waals surface area contributed by atoms with E-state index in [9.17, 15) is 0 Å². The van der Waals surface area contributed by atoms with Crippen LogP contribution in [-0.2, 0) is 13.0 Å². The zero-order valence-corrected chi connectivity index (χ0v) is 18.0. The van der Waals surface area contributed by atoms with E-state index in [1.165, 1.54) is 5.56 Å². The predicted molar refractivity (Wildman–Crippen MR) is 121 cm³/mol. The first-order valence-electron chi connectivity index (χ1n) is 8.48. The van der Waals surface area contributed by atoms with E-state index in [1.807, 2.05) is 48.5 Å². The first kappa shape index (κ1) is 22.6. The highest BCUT2D eigenvalue weighted by Gasteiger charge is 2.00. The second kappa shape index (κ2) is 12.9. The quantitative estimate of drug-likeness (QED) is 0.264. The van der Waals surface area contributed by atoms with Gasteiger partial charge in [0.15, 0.2) is 5.96 Å². The summed E-state index contributed by atoms with van der Waals surface area (Å²) in [4.78, 5) is 4.25. The van der Waals surface area contributed by atoms with Crippen LogP contribution in [0.2, 0.25) is 0 Å². The predicted octanol–water partition coefficient (Wildman–Crippen LogP) is 3.23. The molecule has 5 nitrogen and oxygen atoms in total. The maximum absolute atomic E-state index is 5.37. The third-order valence-electron chi connectivity index (χ3n) is 3.79. The molecule has 0 heterocycles. The van der Waals surface area contributed by atoms with Gasteiger partial charge in [-0.15, -0.1) is 30.4 Å². The Balaban J connectivity index is 0.00000364. The Morgan fingerprint density at radius 1 is 1.00 bits per heavy atom. The highest BCUT2D eigenvalue weighted by molar-refractivity contribution is 14.0. The van der Waals surface area contributed by atoms with E-state index in [2.05, 4.69) is 21.5 Å². The summed E-state index contributed by atoms with van der Waals surface area (Å²) in [5.74, 6) is 4.87. The molecule has 0 fully saturated rings. The fourth-order valence-corrected chi connectivity index (χ4v) is 2.35. The zero-order valence-electron chi connectivity index (χ0n) is 15.7. The van der Waals surface area contributed by atoms with Gasteiger partial charge in [0, 0.05) is 20.1 Å². The molecule has 0 saturated heterocycles. The number of halogens is 1. The summed E-state index contributed by atoms with van der Waals surface area (Å²) in [6, 6.07) is 15.9. The summed E-state index contributed by atoms with van der Waals surface area (Å²) in [6.45, 7) is 1.77. The minimum atomic E-state index is 0. The van der Waals surface area contributed by atoms with Gasteiger partial charge in [-0.25, -0.2) is 0 Å². The number of hydrogen-bond donors (Lipinski definition) is 2. The first-order chi connectivity index (χ1) is 12.7. The molecule has 0 aliphatic carbocycles. The van der Waals surface area contributed by atoms with E-state index >= 15 is 0 Å². The average molecular weight is 479 g/mol. The molecule has 0 bridgehead atoms. The van der Waals surface area contributed by atoms with Gasteiger partial charge in [0.2, 0.25) is 0 Å². The summed E-state index contributed by atoms with van der Waals surface area (Å²) < 4.78 is 10.5. The van der Waals surface area contributed by atoms with Crippen molar-refractivity contribution in [3.63, 3.8) is 0 Å². The van der Waals surface area contributed by atoms with Crippen LogP contribution < -0.4 is 20.1 Å². The van der Waals surface area contributed by atoms with Crippen LogP contribution in [0.3, 0.4) is 0 Å². The summed E-state index contributed by atoms with van der Waals surface area (Å²) in [7, 11) is 3.43. The molecular formula is C21H26IN3O2. The number of nitrogens with one attached hydrogen (secondary N) is 2. The van der Waals surface area contributed by atoms with Gasteiger partial charge in [0.1, 0.15) is 18.1 Å². The molecule has 0 spiro atoms. The number of ether oxygens (including phenoxy) is 2. The molecule has 144 valence electrons. The van der Waals surface area contributed by atoms with Crippen LogP contribution in [-0.4, -0.2) is 33.3 Å². The fourth-order valence-electron chi connectivity index (χ4n) is 2.35. The molecule has 0 aliphatic rings. The molecule has 0 atom stereocenters. The molecule has 0 saturated carbocycles. The van der Waals surface area contributed by atoms with Crippen LogP contribution in [0.25, 0.3) is 0 Å². The summed E-state index contributed by atoms with van der Waals surface area (Å²) in [5, 5.41) is 6.62. The van der Waals surface area contributed by atoms with Crippen LogP contribution in [0.5, 0.6) is 11.5 Å². The Bertz CT molecular complexity index is 738. The van der Waals surface area contributed by atoms with Gasteiger partial charge in [-0.05, 0) is 41.8 Å². The van der Waals surface area contributed by atoms with Crippen molar-refractivity contribution >= 4 is 29.9 Å². The molecule has 0 unspecified atom stereocenters. The lowest BCUT2D eigenvalue weighted by Gasteiger charge is -2.12. The lowest BCUT2D eigenvalue weighted by molar-refractivity contribution is 0.370. The summed E-state index contributed by atoms with van der Waals surface area (Å²) in [5.41, 5.74) is 2.38. The maximum atomic E-state index is 5.37. The number of hydrogen-bond acceptors (Lipinski definition) is 3. The molecule has 2 aromatic rings. The van der Waals surface area contributed by atoms with Crippen LogP contribution in [0.15, 0.2) is 53.5 Å². The van der Waals surface area contributed by atoms with Gasteiger partial charge in [0.05, 0.1) is 7.11 Å². The van der Waals surface area contributed by atoms with Crippen LogP contribution in [0.1, 0.15) is 11.1 Å². The lowest BCUT2D eigenvalue weighted by Crippen LogP contribution is -2.37. The maximum Gasteiger partial charge on any atom is 0.191 e. The van der Waals surface area contributed by atoms with Gasteiger partial charge >= 0.3 is 0 Å². The summed E-state index contributed by atoms with van der Waals surface area (Å²) in [6.07, 6.45) is 6.07. The molecule has 0 amide bonds. The zero-order chi connectivity index (χ0) is 18.6. The number of nitrogens with zero attached hydrogens (tertiary/aromatic N) is 1. The monoisotopic (exact) mass is 479 g/mol. The molecular weight excluding hydrogens is 453 g/mol. The molecule has 2 rings (SSSR count). The highest BCUT2D eigenvalue weighted by Crippen LogP contribution is 2.12. The van der Waals surface area contributed by atoms with Crippen molar-refractivity contribution in [3.05, 3.63) is 59.7 Å². The summed E-state index contributed by atoms with van der Waals surface area (Å²) >= 11 is 0. The Morgan fingerprint density at radius 3 is 2.22 bits per heavy atom. The van der Waals surface area contributed by atoms with E-state index in [4.69, 9.17) is 15.9 Å². The standard InChI is InChI=1S/C21H25N3O2.HI/c1-4-15-26-20-11-5-17(6-12-20)13-14-23-21(22-2)24-16-18-7-9-19(25-3)10-8-18;/h1,5-12H,13-16H2,2-3H3,(H2,22,23,24);1H. The molecule has 0 aromatic heterocycles. The van der Waals surface area contributed by atoms with Gasteiger partial charge in [-0.1, -0.05) is 30.2 Å². The van der Waals surface area contributed by atoms with E-state index in [1.54, 1.807) is 14.2 Å². The fraction of sp³-hybridized carbons (Fsp3) is 0.286. The van der Waals surface area contributed by atoms with Crippen molar-refractivity contribution in [2.45, 2.75) is 13.0 Å². The molecule has 6 heteroatoms. The SMILES string of the molecule is C#CCOc1ccc(CCNC(=NC)NCc2ccc(OC)cc2)cc1.I. The third kappa shape index (κ3) is 8.22. The minimum Gasteiger partial charge on any atom is -0.497 e. The van der Waals surface area contributed by atoms with Crippen LogP contribution in [0, 0.1) is 12.3 Å². The van der Waals surface area contributed by atoms with E-state index in [0.717, 1.165) is 36.0 Å². The van der Waals surface area contributed by atoms with Gasteiger partial charge in [-0.2, -0.15) is 0 Å². The second-order valence-corrected chi connectivity index (χ2v) is 5.59. The van der Waals surface area contributed by atoms with Crippen molar-refractivity contribution in [1.82, 2.24) is 10.6 Å². The van der Waals surface area contributed by atoms with Crippen molar-refractivity contribution in [2.24, 2.45) is 4.99 Å². The topological polar surface area (TPSA) is 54.9 Å². The Hall–Kier alpha value is -2.40. The van der Waals surface area contributed by atoms with Crippen molar-refractivity contribution in [3.8, 4) is 23.8 Å². The Morgan fingerprint density at radius 2 is 1.63 bits per heavy atom. The Labute approximate surface area is 178 Å². The molecule has 0 radical (unpaired) electrons. The minimum absolute atomic E-state index is 0. The number of benzene rings is 2. The van der Waals surface area contributed by atoms with Crippen molar-refractivity contribution in [1.29, 1.82) is 0 Å². The number of guanidine groups is 1. The number of aliphatic imine (C=N–C) groups is 1. The highest BCUT2D eigenvalue weighted by atomic mass is 127. The largest absolute Gasteiger partial charge is 0.497 e. The van der Waals surface area contributed by atoms with Crippen LogP contribution >= 0.6 is 24.0 Å². The smallest absolute Gasteiger partial charge is 0.191 e. The van der Waals surface area contributed by atoms with Gasteiger partial charge < -0.3 is 20.1 Å². The van der Waals surface area contributed by atoms with Crippen molar-refractivity contribution in [2.75, 3.05) is 27.3 Å². The van der Waals surface area contributed by atoms with E-state index in [0.29, 0.717) is 6.54 Å². The van der Waals surface area contributed by atoms with E-state index < -0.39 is 0 Å². The molecule has 27 heavy (non-hydrogen) atoms.